The van der Waals surface area contributed by atoms with Crippen molar-refractivity contribution in [3.8, 4) is 5.69 Å². The predicted octanol–water partition coefficient (Wildman–Crippen LogP) is 2.03. The molecule has 0 spiro atoms. The molecule has 2 N–H and O–H groups in total. The number of nitrogens with zero attached hydrogens (tertiary/aromatic N) is 4. The molecule has 0 radical (unpaired) electrons. The van der Waals surface area contributed by atoms with Crippen LogP contribution in [-0.2, 0) is 16.1 Å². The van der Waals surface area contributed by atoms with Crippen molar-refractivity contribution in [2.75, 3.05) is 20.1 Å². The van der Waals surface area contributed by atoms with E-state index < -0.39 is 0 Å². The van der Waals surface area contributed by atoms with E-state index in [1.165, 1.54) is 6.92 Å². The molecule has 7 heteroatoms. The zero-order valence-corrected chi connectivity index (χ0v) is 17.8. The average Bonchev–Trinajstić information content (AvgIpc) is 2.88. The Hall–Kier alpha value is -2.67. The predicted molar refractivity (Wildman–Crippen MR) is 112 cm³/mol. The van der Waals surface area contributed by atoms with Crippen molar-refractivity contribution in [1.29, 1.82) is 0 Å². The second kappa shape index (κ2) is 8.78. The maximum atomic E-state index is 13.1. The minimum absolute atomic E-state index is 0.0274. The Labute approximate surface area is 172 Å². The van der Waals surface area contributed by atoms with Crippen molar-refractivity contribution in [2.45, 2.75) is 46.2 Å². The summed E-state index contributed by atoms with van der Waals surface area (Å²) in [6, 6.07) is 10.1. The fourth-order valence-corrected chi connectivity index (χ4v) is 4.02. The van der Waals surface area contributed by atoms with E-state index in [1.807, 2.05) is 49.8 Å². The summed E-state index contributed by atoms with van der Waals surface area (Å²) in [4.78, 5) is 28.4. The maximum absolute atomic E-state index is 13.1. The fraction of sp³-hybridized carbons (Fsp3) is 0.500. The molecule has 1 aromatic heterocycles. The van der Waals surface area contributed by atoms with E-state index in [1.54, 1.807) is 9.80 Å². The van der Waals surface area contributed by atoms with Crippen LogP contribution in [0.2, 0.25) is 0 Å². The van der Waals surface area contributed by atoms with Gasteiger partial charge in [-0.05, 0) is 50.5 Å². The average molecular weight is 398 g/mol. The number of aryl methyl sites for hydroxylation is 2. The Kier molecular flexibility index (Phi) is 6.37. The van der Waals surface area contributed by atoms with Gasteiger partial charge in [0, 0.05) is 45.3 Å². The minimum atomic E-state index is -0.211. The van der Waals surface area contributed by atoms with Gasteiger partial charge in [-0.3, -0.25) is 9.59 Å². The lowest BCUT2D eigenvalue weighted by atomic mass is 10.0. The summed E-state index contributed by atoms with van der Waals surface area (Å²) in [5.74, 6) is -0.182. The van der Waals surface area contributed by atoms with E-state index in [2.05, 4.69) is 11.2 Å². The van der Waals surface area contributed by atoms with Crippen LogP contribution >= 0.6 is 0 Å². The van der Waals surface area contributed by atoms with E-state index in [-0.39, 0.29) is 23.8 Å². The topological polar surface area (TPSA) is 84.5 Å². The lowest BCUT2D eigenvalue weighted by Crippen LogP contribution is -2.42. The van der Waals surface area contributed by atoms with E-state index in [4.69, 9.17) is 5.73 Å². The van der Waals surface area contributed by atoms with Crippen molar-refractivity contribution in [2.24, 2.45) is 11.7 Å². The van der Waals surface area contributed by atoms with Crippen LogP contribution in [0.25, 0.3) is 5.69 Å². The molecule has 0 aliphatic carbocycles. The van der Waals surface area contributed by atoms with Gasteiger partial charge in [0.1, 0.15) is 0 Å². The van der Waals surface area contributed by atoms with Crippen LogP contribution in [0.1, 0.15) is 36.7 Å². The van der Waals surface area contributed by atoms with Crippen LogP contribution in [0.15, 0.2) is 30.3 Å². The molecule has 1 aliphatic heterocycles. The molecule has 1 aromatic carbocycles. The number of aromatic nitrogens is 2. The van der Waals surface area contributed by atoms with Crippen LogP contribution < -0.4 is 5.73 Å². The van der Waals surface area contributed by atoms with E-state index in [9.17, 15) is 9.59 Å². The highest BCUT2D eigenvalue weighted by molar-refractivity contribution is 5.80. The SMILES string of the molecule is CC(=O)N1C[C@@H](N)CC[C@@H](C(=O)N(C)Cc2cccc(-n3nc(C)cc3C)c2)C1. The van der Waals surface area contributed by atoms with Gasteiger partial charge in [0.2, 0.25) is 11.8 Å². The number of likely N-dealkylation sites (tertiary alicyclic amines) is 1. The van der Waals surface area contributed by atoms with Gasteiger partial charge in [0.05, 0.1) is 17.3 Å². The second-order valence-electron chi connectivity index (χ2n) is 8.16. The zero-order valence-electron chi connectivity index (χ0n) is 17.8. The van der Waals surface area contributed by atoms with E-state index in [0.717, 1.165) is 29.1 Å². The maximum Gasteiger partial charge on any atom is 0.227 e. The third-order valence-electron chi connectivity index (χ3n) is 5.54. The summed E-state index contributed by atoms with van der Waals surface area (Å²) in [5, 5.41) is 4.54. The van der Waals surface area contributed by atoms with Gasteiger partial charge in [-0.15, -0.1) is 0 Å². The molecule has 2 amide bonds. The number of hydrogen-bond acceptors (Lipinski definition) is 4. The number of amides is 2. The van der Waals surface area contributed by atoms with Crippen molar-refractivity contribution in [1.82, 2.24) is 19.6 Å². The summed E-state index contributed by atoms with van der Waals surface area (Å²) in [6.45, 7) is 7.01. The Morgan fingerprint density at radius 2 is 1.97 bits per heavy atom. The molecule has 0 saturated carbocycles. The molecular weight excluding hydrogens is 366 g/mol. The number of rotatable bonds is 4. The third kappa shape index (κ3) is 5.03. The minimum Gasteiger partial charge on any atom is -0.341 e. The van der Waals surface area contributed by atoms with Crippen LogP contribution in [0.3, 0.4) is 0 Å². The molecule has 0 unspecified atom stereocenters. The molecule has 156 valence electrons. The first-order chi connectivity index (χ1) is 13.7. The first-order valence-corrected chi connectivity index (χ1v) is 10.1. The Morgan fingerprint density at radius 1 is 1.21 bits per heavy atom. The van der Waals surface area contributed by atoms with Crippen LogP contribution in [0, 0.1) is 19.8 Å². The number of hydrogen-bond donors (Lipinski definition) is 1. The van der Waals surface area contributed by atoms with Crippen molar-refractivity contribution in [3.63, 3.8) is 0 Å². The highest BCUT2D eigenvalue weighted by Gasteiger charge is 2.30. The third-order valence-corrected chi connectivity index (χ3v) is 5.54. The molecule has 29 heavy (non-hydrogen) atoms. The van der Waals surface area contributed by atoms with Crippen molar-refractivity contribution in [3.05, 3.63) is 47.3 Å². The quantitative estimate of drug-likeness (QED) is 0.856. The Bertz CT molecular complexity index is 891. The molecule has 7 nitrogen and oxygen atoms in total. The molecule has 3 rings (SSSR count). The lowest BCUT2D eigenvalue weighted by molar-refractivity contribution is -0.137. The summed E-state index contributed by atoms with van der Waals surface area (Å²) < 4.78 is 1.91. The highest BCUT2D eigenvalue weighted by atomic mass is 16.2. The van der Waals surface area contributed by atoms with Gasteiger partial charge in [-0.1, -0.05) is 12.1 Å². The molecule has 1 aliphatic rings. The van der Waals surface area contributed by atoms with Gasteiger partial charge >= 0.3 is 0 Å². The fourth-order valence-electron chi connectivity index (χ4n) is 4.02. The van der Waals surface area contributed by atoms with E-state index >= 15 is 0 Å². The molecule has 1 saturated heterocycles. The smallest absolute Gasteiger partial charge is 0.227 e. The second-order valence-corrected chi connectivity index (χ2v) is 8.16. The Morgan fingerprint density at radius 3 is 2.62 bits per heavy atom. The lowest BCUT2D eigenvalue weighted by Gasteiger charge is -2.27. The number of nitrogens with two attached hydrogens (primary N) is 1. The summed E-state index contributed by atoms with van der Waals surface area (Å²) in [7, 11) is 1.82. The standard InChI is InChI=1S/C22H31N5O2/c1-15-10-16(2)27(24-15)21-7-5-6-18(11-21)12-25(4)22(29)19-8-9-20(23)14-26(13-19)17(3)28/h5-7,10-11,19-20H,8-9,12-14,23H2,1-4H3/t19-,20+/m1/s1. The van der Waals surface area contributed by atoms with Gasteiger partial charge in [-0.2, -0.15) is 5.10 Å². The van der Waals surface area contributed by atoms with Gasteiger partial charge in [-0.25, -0.2) is 4.68 Å². The molecule has 1 fully saturated rings. The normalized spacial score (nSPS) is 19.7. The Balaban J connectivity index is 1.71. The van der Waals surface area contributed by atoms with Gasteiger partial charge in [0.25, 0.3) is 0 Å². The molecular formula is C22H31N5O2. The summed E-state index contributed by atoms with van der Waals surface area (Å²) >= 11 is 0. The number of carbonyl (C=O) groups excluding carboxylic acids is 2. The summed E-state index contributed by atoms with van der Waals surface area (Å²) in [5.41, 5.74) is 10.2. The van der Waals surface area contributed by atoms with Crippen molar-refractivity contribution >= 4 is 11.8 Å². The molecule has 2 heterocycles. The first-order valence-electron chi connectivity index (χ1n) is 10.1. The largest absolute Gasteiger partial charge is 0.341 e. The van der Waals surface area contributed by atoms with Crippen LogP contribution in [0.4, 0.5) is 0 Å². The number of carbonyl (C=O) groups is 2. The first kappa shape index (κ1) is 21.0. The number of benzene rings is 1. The van der Waals surface area contributed by atoms with Crippen molar-refractivity contribution < 1.29 is 9.59 Å². The molecule has 0 bridgehead atoms. The zero-order chi connectivity index (χ0) is 21.1. The highest BCUT2D eigenvalue weighted by Crippen LogP contribution is 2.20. The van der Waals surface area contributed by atoms with Gasteiger partial charge < -0.3 is 15.5 Å². The van der Waals surface area contributed by atoms with E-state index in [0.29, 0.717) is 26.1 Å². The molecule has 2 atom stereocenters. The monoisotopic (exact) mass is 397 g/mol. The summed E-state index contributed by atoms with van der Waals surface area (Å²) in [6.07, 6.45) is 1.46. The molecule has 2 aromatic rings. The van der Waals surface area contributed by atoms with Crippen LogP contribution in [-0.4, -0.2) is 57.6 Å². The van der Waals surface area contributed by atoms with Gasteiger partial charge in [0.15, 0.2) is 0 Å². The van der Waals surface area contributed by atoms with Crippen LogP contribution in [0.5, 0.6) is 0 Å².